The Balaban J connectivity index is 1.60. The number of rotatable bonds is 4. The fourth-order valence-electron chi connectivity index (χ4n) is 3.63. The van der Waals surface area contributed by atoms with Gasteiger partial charge >= 0.3 is 0 Å². The summed E-state index contributed by atoms with van der Waals surface area (Å²) in [6.45, 7) is 0.919. The van der Waals surface area contributed by atoms with Gasteiger partial charge in [-0.3, -0.25) is 4.90 Å². The molecule has 0 atom stereocenters. The van der Waals surface area contributed by atoms with Gasteiger partial charge in [0, 0.05) is 6.54 Å². The number of hydrogen-bond acceptors (Lipinski definition) is 1. The van der Waals surface area contributed by atoms with Crippen molar-refractivity contribution < 1.29 is 0 Å². The minimum Gasteiger partial charge on any atom is -0.292 e. The minimum atomic E-state index is 0.331. The van der Waals surface area contributed by atoms with E-state index in [1.165, 1.54) is 27.8 Å². The Morgan fingerprint density at radius 2 is 1.29 bits per heavy atom. The first-order chi connectivity index (χ1) is 11.8. The maximum absolute atomic E-state index is 2.42. The maximum Gasteiger partial charge on any atom is 0.0614 e. The first-order valence-corrected chi connectivity index (χ1v) is 8.44. The topological polar surface area (TPSA) is 3.24 Å². The van der Waals surface area contributed by atoms with Crippen molar-refractivity contribution in [2.75, 3.05) is 13.6 Å². The van der Waals surface area contributed by atoms with Crippen LogP contribution in [0.3, 0.4) is 0 Å². The van der Waals surface area contributed by atoms with Crippen molar-refractivity contribution >= 4 is 6.08 Å². The van der Waals surface area contributed by atoms with Crippen LogP contribution in [0.5, 0.6) is 0 Å². The Morgan fingerprint density at radius 3 is 1.92 bits per heavy atom. The van der Waals surface area contributed by atoms with Crippen LogP contribution in [0.2, 0.25) is 0 Å². The SMILES string of the molecule is CN(C/C=C/c1ccccc1)C1c2ccccc2-c2ccccc21. The number of benzene rings is 3. The fourth-order valence-corrected chi connectivity index (χ4v) is 3.63. The third kappa shape index (κ3) is 2.68. The molecule has 1 aliphatic carbocycles. The van der Waals surface area contributed by atoms with Crippen LogP contribution in [-0.2, 0) is 0 Å². The van der Waals surface area contributed by atoms with Crippen LogP contribution in [0.25, 0.3) is 17.2 Å². The molecule has 0 amide bonds. The Labute approximate surface area is 143 Å². The van der Waals surface area contributed by atoms with Crippen LogP contribution in [0.4, 0.5) is 0 Å². The highest BCUT2D eigenvalue weighted by atomic mass is 15.1. The van der Waals surface area contributed by atoms with Crippen LogP contribution in [-0.4, -0.2) is 18.5 Å². The lowest BCUT2D eigenvalue weighted by Crippen LogP contribution is -2.24. The van der Waals surface area contributed by atoms with E-state index in [9.17, 15) is 0 Å². The highest BCUT2D eigenvalue weighted by Gasteiger charge is 2.30. The summed E-state index contributed by atoms with van der Waals surface area (Å²) >= 11 is 0. The molecular weight excluding hydrogens is 290 g/mol. The van der Waals surface area contributed by atoms with Gasteiger partial charge in [0.25, 0.3) is 0 Å². The zero-order valence-electron chi connectivity index (χ0n) is 13.9. The van der Waals surface area contributed by atoms with E-state index in [0.717, 1.165) is 6.54 Å². The van der Waals surface area contributed by atoms with E-state index in [1.54, 1.807) is 0 Å². The standard InChI is InChI=1S/C23H21N/c1-24(17-9-12-18-10-3-2-4-11-18)23-21-15-7-5-13-19(21)20-14-6-8-16-22(20)23/h2-16,23H,17H2,1H3/b12-9+. The van der Waals surface area contributed by atoms with Gasteiger partial charge in [-0.1, -0.05) is 91.0 Å². The first kappa shape index (κ1) is 14.9. The van der Waals surface area contributed by atoms with Crippen LogP contribution < -0.4 is 0 Å². The summed E-state index contributed by atoms with van der Waals surface area (Å²) in [7, 11) is 2.21. The van der Waals surface area contributed by atoms with E-state index in [2.05, 4.69) is 103 Å². The lowest BCUT2D eigenvalue weighted by Gasteiger charge is -2.25. The third-order valence-electron chi connectivity index (χ3n) is 4.74. The second-order valence-electron chi connectivity index (χ2n) is 6.33. The van der Waals surface area contributed by atoms with E-state index in [-0.39, 0.29) is 0 Å². The number of hydrogen-bond donors (Lipinski definition) is 0. The Bertz CT molecular complexity index is 818. The van der Waals surface area contributed by atoms with Crippen LogP contribution in [0.1, 0.15) is 22.7 Å². The molecule has 0 fully saturated rings. The van der Waals surface area contributed by atoms with Gasteiger partial charge in [0.05, 0.1) is 6.04 Å². The summed E-state index contributed by atoms with van der Waals surface area (Å²) in [6, 6.07) is 28.4. The molecule has 0 N–H and O–H groups in total. The van der Waals surface area contributed by atoms with E-state index < -0.39 is 0 Å². The number of likely N-dealkylation sites (N-methyl/N-ethyl adjacent to an activating group) is 1. The zero-order valence-corrected chi connectivity index (χ0v) is 13.9. The van der Waals surface area contributed by atoms with Crippen molar-refractivity contribution in [3.63, 3.8) is 0 Å². The summed E-state index contributed by atoms with van der Waals surface area (Å²) in [5.74, 6) is 0. The predicted octanol–water partition coefficient (Wildman–Crippen LogP) is 5.40. The smallest absolute Gasteiger partial charge is 0.0614 e. The van der Waals surface area contributed by atoms with Crippen LogP contribution in [0.15, 0.2) is 84.9 Å². The molecule has 0 radical (unpaired) electrons. The lowest BCUT2D eigenvalue weighted by molar-refractivity contribution is 0.314. The Kier molecular flexibility index (Phi) is 4.02. The summed E-state index contributed by atoms with van der Waals surface area (Å²) in [4.78, 5) is 2.42. The van der Waals surface area contributed by atoms with Crippen molar-refractivity contribution in [2.45, 2.75) is 6.04 Å². The largest absolute Gasteiger partial charge is 0.292 e. The van der Waals surface area contributed by atoms with Crippen molar-refractivity contribution in [3.05, 3.63) is 102 Å². The summed E-state index contributed by atoms with van der Waals surface area (Å²) in [5.41, 5.74) is 6.82. The zero-order chi connectivity index (χ0) is 16.4. The molecule has 1 nitrogen and oxygen atoms in total. The average molecular weight is 311 g/mol. The van der Waals surface area contributed by atoms with Crippen molar-refractivity contribution in [1.29, 1.82) is 0 Å². The summed E-state index contributed by atoms with van der Waals surface area (Å²) in [6.07, 6.45) is 4.45. The van der Waals surface area contributed by atoms with Crippen molar-refractivity contribution in [3.8, 4) is 11.1 Å². The molecule has 118 valence electrons. The van der Waals surface area contributed by atoms with Gasteiger partial charge in [-0.15, -0.1) is 0 Å². The van der Waals surface area contributed by atoms with Crippen molar-refractivity contribution in [2.24, 2.45) is 0 Å². The van der Waals surface area contributed by atoms with E-state index in [1.807, 2.05) is 0 Å². The van der Waals surface area contributed by atoms with Crippen molar-refractivity contribution in [1.82, 2.24) is 4.90 Å². The summed E-state index contributed by atoms with van der Waals surface area (Å²) in [5, 5.41) is 0. The molecule has 24 heavy (non-hydrogen) atoms. The second kappa shape index (κ2) is 6.46. The molecule has 0 heterocycles. The minimum absolute atomic E-state index is 0.331. The second-order valence-corrected chi connectivity index (χ2v) is 6.33. The summed E-state index contributed by atoms with van der Waals surface area (Å²) < 4.78 is 0. The number of fused-ring (bicyclic) bond motifs is 3. The Hall–Kier alpha value is -2.64. The fraction of sp³-hybridized carbons (Fsp3) is 0.130. The first-order valence-electron chi connectivity index (χ1n) is 8.44. The van der Waals surface area contributed by atoms with E-state index in [0.29, 0.717) is 6.04 Å². The molecule has 0 saturated carbocycles. The molecule has 0 bridgehead atoms. The molecule has 0 aliphatic heterocycles. The molecule has 0 spiro atoms. The third-order valence-corrected chi connectivity index (χ3v) is 4.74. The van der Waals surface area contributed by atoms with Gasteiger partial charge in [0.1, 0.15) is 0 Å². The molecule has 3 aromatic rings. The molecule has 4 rings (SSSR count). The molecular formula is C23H21N. The van der Waals surface area contributed by atoms with Gasteiger partial charge in [0.2, 0.25) is 0 Å². The molecule has 0 saturated heterocycles. The van der Waals surface area contributed by atoms with E-state index >= 15 is 0 Å². The van der Waals surface area contributed by atoms with Gasteiger partial charge in [-0.2, -0.15) is 0 Å². The lowest BCUT2D eigenvalue weighted by atomic mass is 10.0. The van der Waals surface area contributed by atoms with Crippen LogP contribution >= 0.6 is 0 Å². The van der Waals surface area contributed by atoms with Gasteiger partial charge < -0.3 is 0 Å². The maximum atomic E-state index is 2.42. The average Bonchev–Trinajstić information content (AvgIpc) is 2.97. The Morgan fingerprint density at radius 1 is 0.750 bits per heavy atom. The van der Waals surface area contributed by atoms with Crippen LogP contribution in [0, 0.1) is 0 Å². The molecule has 1 aliphatic rings. The van der Waals surface area contributed by atoms with Gasteiger partial charge in [0.15, 0.2) is 0 Å². The molecule has 0 unspecified atom stereocenters. The predicted molar refractivity (Wildman–Crippen MR) is 102 cm³/mol. The molecule has 3 aromatic carbocycles. The van der Waals surface area contributed by atoms with Gasteiger partial charge in [-0.05, 0) is 34.9 Å². The molecule has 1 heteroatoms. The highest BCUT2D eigenvalue weighted by Crippen LogP contribution is 2.45. The molecule has 0 aromatic heterocycles. The van der Waals surface area contributed by atoms with Gasteiger partial charge in [-0.25, -0.2) is 0 Å². The normalized spacial score (nSPS) is 13.4. The number of nitrogens with zero attached hydrogens (tertiary/aromatic N) is 1. The van der Waals surface area contributed by atoms with E-state index in [4.69, 9.17) is 0 Å². The quantitative estimate of drug-likeness (QED) is 0.623. The highest BCUT2D eigenvalue weighted by molar-refractivity contribution is 5.78. The monoisotopic (exact) mass is 311 g/mol.